The number of aromatic hydroxyl groups is 1. The van der Waals surface area contributed by atoms with Crippen LogP contribution in [0, 0.1) is 25.2 Å². The minimum atomic E-state index is 0.300. The third-order valence-corrected chi connectivity index (χ3v) is 1.92. The number of hydrogen-bond acceptors (Lipinski definition) is 2. The van der Waals surface area contributed by atoms with Crippen LogP contribution < -0.4 is 0 Å². The molecule has 2 heteroatoms. The molecule has 0 bridgehead atoms. The third-order valence-electron chi connectivity index (χ3n) is 1.92. The molecular formula is C10H11NO. The largest absolute Gasteiger partial charge is 0.508 e. The van der Waals surface area contributed by atoms with Gasteiger partial charge in [-0.2, -0.15) is 5.26 Å². The fraction of sp³-hybridized carbons (Fsp3) is 0.300. The van der Waals surface area contributed by atoms with Crippen molar-refractivity contribution in [1.82, 2.24) is 0 Å². The van der Waals surface area contributed by atoms with Crippen LogP contribution in [0.25, 0.3) is 0 Å². The highest BCUT2D eigenvalue weighted by Gasteiger charge is 2.01. The van der Waals surface area contributed by atoms with Gasteiger partial charge in [0.05, 0.1) is 12.5 Å². The van der Waals surface area contributed by atoms with Crippen molar-refractivity contribution < 1.29 is 5.11 Å². The van der Waals surface area contributed by atoms with Gasteiger partial charge in [-0.25, -0.2) is 0 Å². The number of hydrogen-bond donors (Lipinski definition) is 1. The SMILES string of the molecule is Cc1cc(CC#N)c(C)cc1O. The third kappa shape index (κ3) is 1.57. The van der Waals surface area contributed by atoms with Gasteiger partial charge >= 0.3 is 0 Å². The number of nitrogens with zero attached hydrogens (tertiary/aromatic N) is 1. The first-order valence-electron chi connectivity index (χ1n) is 3.81. The van der Waals surface area contributed by atoms with E-state index in [-0.39, 0.29) is 0 Å². The maximum Gasteiger partial charge on any atom is 0.118 e. The molecule has 1 aromatic carbocycles. The monoisotopic (exact) mass is 161 g/mol. The van der Waals surface area contributed by atoms with Crippen LogP contribution in [-0.4, -0.2) is 5.11 Å². The zero-order chi connectivity index (χ0) is 9.14. The molecule has 0 heterocycles. The van der Waals surface area contributed by atoms with Crippen LogP contribution in [0.3, 0.4) is 0 Å². The lowest BCUT2D eigenvalue weighted by atomic mass is 10.0. The quantitative estimate of drug-likeness (QED) is 0.685. The van der Waals surface area contributed by atoms with Crippen molar-refractivity contribution in [2.24, 2.45) is 0 Å². The molecule has 12 heavy (non-hydrogen) atoms. The molecule has 1 aromatic rings. The molecule has 0 aromatic heterocycles. The van der Waals surface area contributed by atoms with E-state index >= 15 is 0 Å². The van der Waals surface area contributed by atoms with Gasteiger partial charge in [-0.3, -0.25) is 0 Å². The Balaban J connectivity index is 3.16. The molecule has 62 valence electrons. The molecule has 0 amide bonds. The van der Waals surface area contributed by atoms with Crippen LogP contribution >= 0.6 is 0 Å². The van der Waals surface area contributed by atoms with E-state index in [9.17, 15) is 5.11 Å². The van der Waals surface area contributed by atoms with Gasteiger partial charge in [0, 0.05) is 0 Å². The summed E-state index contributed by atoms with van der Waals surface area (Å²) in [5.41, 5.74) is 2.79. The number of aryl methyl sites for hydroxylation is 2. The molecule has 0 saturated heterocycles. The number of nitriles is 1. The lowest BCUT2D eigenvalue weighted by Crippen LogP contribution is -1.88. The van der Waals surface area contributed by atoms with Crippen molar-refractivity contribution >= 4 is 0 Å². The standard InChI is InChI=1S/C10H11NO/c1-7-6-10(12)8(2)5-9(7)3-4-11/h5-6,12H,3H2,1-2H3. The predicted molar refractivity (Wildman–Crippen MR) is 46.9 cm³/mol. The van der Waals surface area contributed by atoms with Crippen LogP contribution in [0.15, 0.2) is 12.1 Å². The van der Waals surface area contributed by atoms with Crippen molar-refractivity contribution in [2.75, 3.05) is 0 Å². The van der Waals surface area contributed by atoms with Crippen LogP contribution in [0.1, 0.15) is 16.7 Å². The first-order chi connectivity index (χ1) is 5.65. The highest BCUT2D eigenvalue weighted by atomic mass is 16.3. The molecule has 0 unspecified atom stereocenters. The zero-order valence-corrected chi connectivity index (χ0v) is 7.26. The van der Waals surface area contributed by atoms with E-state index < -0.39 is 0 Å². The van der Waals surface area contributed by atoms with Crippen LogP contribution in [0.5, 0.6) is 5.75 Å². The van der Waals surface area contributed by atoms with Gasteiger partial charge in [0.15, 0.2) is 0 Å². The predicted octanol–water partition coefficient (Wildman–Crippen LogP) is 2.08. The van der Waals surface area contributed by atoms with Gasteiger partial charge < -0.3 is 5.11 Å². The Labute approximate surface area is 72.1 Å². The second kappa shape index (κ2) is 3.27. The lowest BCUT2D eigenvalue weighted by molar-refractivity contribution is 0.470. The van der Waals surface area contributed by atoms with Crippen molar-refractivity contribution in [3.8, 4) is 11.8 Å². The summed E-state index contributed by atoms with van der Waals surface area (Å²) in [7, 11) is 0. The first-order valence-corrected chi connectivity index (χ1v) is 3.81. The normalized spacial score (nSPS) is 9.42. The van der Waals surface area contributed by atoms with Crippen LogP contribution in [0.4, 0.5) is 0 Å². The van der Waals surface area contributed by atoms with E-state index in [1.165, 1.54) is 0 Å². The number of rotatable bonds is 1. The second-order valence-corrected chi connectivity index (χ2v) is 2.90. The van der Waals surface area contributed by atoms with Gasteiger partial charge in [0.1, 0.15) is 5.75 Å². The summed E-state index contributed by atoms with van der Waals surface area (Å²) in [4.78, 5) is 0. The summed E-state index contributed by atoms with van der Waals surface area (Å²) in [5.74, 6) is 0.300. The fourth-order valence-electron chi connectivity index (χ4n) is 1.14. The second-order valence-electron chi connectivity index (χ2n) is 2.90. The van der Waals surface area contributed by atoms with E-state index in [0.717, 1.165) is 16.7 Å². The Morgan fingerprint density at radius 3 is 2.58 bits per heavy atom. The Morgan fingerprint density at radius 2 is 2.00 bits per heavy atom. The molecule has 1 rings (SSSR count). The van der Waals surface area contributed by atoms with Crippen molar-refractivity contribution in [2.45, 2.75) is 20.3 Å². The van der Waals surface area contributed by atoms with Gasteiger partial charge in [0.2, 0.25) is 0 Å². The van der Waals surface area contributed by atoms with E-state index in [4.69, 9.17) is 5.26 Å². The van der Waals surface area contributed by atoms with Crippen LogP contribution in [-0.2, 0) is 6.42 Å². The highest BCUT2D eigenvalue weighted by Crippen LogP contribution is 2.21. The molecule has 0 saturated carbocycles. The van der Waals surface area contributed by atoms with Gasteiger partial charge in [0.25, 0.3) is 0 Å². The highest BCUT2D eigenvalue weighted by molar-refractivity contribution is 5.41. The first kappa shape index (κ1) is 8.61. The summed E-state index contributed by atoms with van der Waals surface area (Å²) in [6.07, 6.45) is 0.410. The molecule has 0 aliphatic carbocycles. The fourth-order valence-corrected chi connectivity index (χ4v) is 1.14. The Hall–Kier alpha value is -1.49. The van der Waals surface area contributed by atoms with E-state index in [2.05, 4.69) is 6.07 Å². The molecule has 0 radical (unpaired) electrons. The van der Waals surface area contributed by atoms with E-state index in [1.807, 2.05) is 19.9 Å². The maximum atomic E-state index is 9.31. The Bertz CT molecular complexity index is 336. The zero-order valence-electron chi connectivity index (χ0n) is 7.26. The molecule has 0 atom stereocenters. The Kier molecular flexibility index (Phi) is 2.35. The average molecular weight is 161 g/mol. The summed E-state index contributed by atoms with van der Waals surface area (Å²) in [6, 6.07) is 5.64. The number of phenolic OH excluding ortho intramolecular Hbond substituents is 1. The van der Waals surface area contributed by atoms with Crippen LogP contribution in [0.2, 0.25) is 0 Å². The maximum absolute atomic E-state index is 9.31. The molecule has 0 fully saturated rings. The summed E-state index contributed by atoms with van der Waals surface area (Å²) >= 11 is 0. The molecule has 0 aliphatic heterocycles. The summed E-state index contributed by atoms with van der Waals surface area (Å²) in [6.45, 7) is 3.72. The van der Waals surface area contributed by atoms with Gasteiger partial charge in [-0.1, -0.05) is 6.07 Å². The summed E-state index contributed by atoms with van der Waals surface area (Å²) in [5, 5.41) is 17.8. The molecule has 0 aliphatic rings. The van der Waals surface area contributed by atoms with Crippen molar-refractivity contribution in [3.05, 3.63) is 28.8 Å². The van der Waals surface area contributed by atoms with Gasteiger partial charge in [-0.05, 0) is 36.6 Å². The smallest absolute Gasteiger partial charge is 0.118 e. The molecule has 0 spiro atoms. The van der Waals surface area contributed by atoms with E-state index in [0.29, 0.717) is 12.2 Å². The minimum Gasteiger partial charge on any atom is -0.508 e. The van der Waals surface area contributed by atoms with E-state index in [1.54, 1.807) is 6.07 Å². The molecular weight excluding hydrogens is 150 g/mol. The lowest BCUT2D eigenvalue weighted by Gasteiger charge is -2.04. The average Bonchev–Trinajstić information content (AvgIpc) is 2.01. The van der Waals surface area contributed by atoms with Crippen molar-refractivity contribution in [3.63, 3.8) is 0 Å². The Morgan fingerprint density at radius 1 is 1.33 bits per heavy atom. The topological polar surface area (TPSA) is 44.0 Å². The van der Waals surface area contributed by atoms with Gasteiger partial charge in [-0.15, -0.1) is 0 Å². The molecule has 2 nitrogen and oxygen atoms in total. The minimum absolute atomic E-state index is 0.300. The molecule has 1 N–H and O–H groups in total. The van der Waals surface area contributed by atoms with Crippen molar-refractivity contribution in [1.29, 1.82) is 5.26 Å². The summed E-state index contributed by atoms with van der Waals surface area (Å²) < 4.78 is 0. The number of benzene rings is 1. The number of phenols is 1.